The summed E-state index contributed by atoms with van der Waals surface area (Å²) in [5.41, 5.74) is 7.91. The van der Waals surface area contributed by atoms with Crippen molar-refractivity contribution in [1.29, 1.82) is 0 Å². The predicted octanol–water partition coefficient (Wildman–Crippen LogP) is 3.57. The first kappa shape index (κ1) is 13.9. The molecule has 4 heteroatoms. The quantitative estimate of drug-likeness (QED) is 0.881. The van der Waals surface area contributed by atoms with Crippen molar-refractivity contribution in [3.05, 3.63) is 28.6 Å². The third-order valence-electron chi connectivity index (χ3n) is 2.94. The van der Waals surface area contributed by atoms with Crippen molar-refractivity contribution in [3.63, 3.8) is 0 Å². The molecule has 2 aromatic rings. The number of thiophene rings is 1. The minimum atomic E-state index is -0.0759. The van der Waals surface area contributed by atoms with Gasteiger partial charge in [-0.2, -0.15) is 0 Å². The monoisotopic (exact) mass is 276 g/mol. The Morgan fingerprint density at radius 3 is 2.63 bits per heavy atom. The molecule has 2 rings (SSSR count). The lowest BCUT2D eigenvalue weighted by Gasteiger charge is -2.18. The zero-order chi connectivity index (χ0) is 14.2. The lowest BCUT2D eigenvalue weighted by molar-refractivity contribution is 0.0944. The van der Waals surface area contributed by atoms with Crippen LogP contribution in [0.3, 0.4) is 0 Å². The second-order valence-corrected chi connectivity index (χ2v) is 7.06. The Labute approximate surface area is 117 Å². The molecule has 102 valence electrons. The predicted molar refractivity (Wildman–Crippen MR) is 82.8 cm³/mol. The van der Waals surface area contributed by atoms with Gasteiger partial charge in [0.05, 0.1) is 5.69 Å². The molecule has 0 bridgehead atoms. The summed E-state index contributed by atoms with van der Waals surface area (Å²) in [6.07, 6.45) is 0. The Balaban J connectivity index is 2.33. The molecule has 0 saturated carbocycles. The molecule has 1 aromatic carbocycles. The van der Waals surface area contributed by atoms with Crippen LogP contribution >= 0.6 is 11.3 Å². The Morgan fingerprint density at radius 1 is 1.37 bits per heavy atom. The van der Waals surface area contributed by atoms with Crippen molar-refractivity contribution in [3.8, 4) is 0 Å². The average Bonchev–Trinajstić information content (AvgIpc) is 2.65. The van der Waals surface area contributed by atoms with Gasteiger partial charge in [-0.05, 0) is 17.9 Å². The Kier molecular flexibility index (Phi) is 3.54. The van der Waals surface area contributed by atoms with Crippen LogP contribution in [-0.2, 0) is 0 Å². The molecule has 1 amide bonds. The lowest BCUT2D eigenvalue weighted by atomic mass is 9.97. The molecule has 0 aliphatic carbocycles. The van der Waals surface area contributed by atoms with E-state index in [9.17, 15) is 4.79 Å². The first-order valence-electron chi connectivity index (χ1n) is 6.35. The Hall–Kier alpha value is -1.55. The van der Waals surface area contributed by atoms with Gasteiger partial charge in [0.15, 0.2) is 0 Å². The second-order valence-electron chi connectivity index (χ2n) is 6.04. The van der Waals surface area contributed by atoms with Gasteiger partial charge < -0.3 is 11.1 Å². The molecule has 0 unspecified atom stereocenters. The number of anilines is 1. The number of hydrogen-bond donors (Lipinski definition) is 2. The molecule has 0 fully saturated rings. The zero-order valence-electron chi connectivity index (χ0n) is 11.8. The highest BCUT2D eigenvalue weighted by atomic mass is 32.1. The third-order valence-corrected chi connectivity index (χ3v) is 4.29. The summed E-state index contributed by atoms with van der Waals surface area (Å²) in [5, 5.41) is 3.93. The van der Waals surface area contributed by atoms with Gasteiger partial charge in [0.1, 0.15) is 4.88 Å². The van der Waals surface area contributed by atoms with E-state index in [1.165, 1.54) is 11.3 Å². The van der Waals surface area contributed by atoms with Crippen molar-refractivity contribution in [2.45, 2.75) is 27.7 Å². The highest BCUT2D eigenvalue weighted by Gasteiger charge is 2.19. The molecule has 0 spiro atoms. The van der Waals surface area contributed by atoms with E-state index in [4.69, 9.17) is 5.73 Å². The molecule has 1 heterocycles. The van der Waals surface area contributed by atoms with Gasteiger partial charge in [0.25, 0.3) is 5.91 Å². The van der Waals surface area contributed by atoms with Crippen molar-refractivity contribution in [2.24, 2.45) is 5.41 Å². The smallest absolute Gasteiger partial charge is 0.263 e. The Morgan fingerprint density at radius 2 is 2.05 bits per heavy atom. The minimum absolute atomic E-state index is 0.0665. The van der Waals surface area contributed by atoms with Crippen LogP contribution in [0.15, 0.2) is 18.2 Å². The first-order valence-corrected chi connectivity index (χ1v) is 7.17. The highest BCUT2D eigenvalue weighted by molar-refractivity contribution is 7.21. The number of benzene rings is 1. The van der Waals surface area contributed by atoms with E-state index in [2.05, 4.69) is 26.1 Å². The highest BCUT2D eigenvalue weighted by Crippen LogP contribution is 2.35. The van der Waals surface area contributed by atoms with Crippen LogP contribution < -0.4 is 11.1 Å². The van der Waals surface area contributed by atoms with Gasteiger partial charge in [-0.3, -0.25) is 4.79 Å². The molecule has 0 aliphatic heterocycles. The standard InChI is InChI=1S/C15H20N2OS/c1-9-6-5-7-10-11(16)13(19-12(9)10)14(18)17-8-15(2,3)4/h5-7H,8,16H2,1-4H3,(H,17,18). The fourth-order valence-electron chi connectivity index (χ4n) is 1.87. The molecule has 3 nitrogen and oxygen atoms in total. The lowest BCUT2D eigenvalue weighted by Crippen LogP contribution is -2.32. The first-order chi connectivity index (χ1) is 8.79. The molecule has 0 saturated heterocycles. The van der Waals surface area contributed by atoms with Crippen molar-refractivity contribution >= 4 is 33.0 Å². The van der Waals surface area contributed by atoms with Crippen LogP contribution in [0.1, 0.15) is 36.0 Å². The molecule has 3 N–H and O–H groups in total. The summed E-state index contributed by atoms with van der Waals surface area (Å²) in [5.74, 6) is -0.0759. The normalized spacial score (nSPS) is 11.8. The van der Waals surface area contributed by atoms with Gasteiger partial charge in [0, 0.05) is 16.6 Å². The zero-order valence-corrected chi connectivity index (χ0v) is 12.6. The number of carbonyl (C=O) groups is 1. The van der Waals surface area contributed by atoms with E-state index in [0.29, 0.717) is 17.1 Å². The van der Waals surface area contributed by atoms with Crippen LogP contribution in [0, 0.1) is 12.3 Å². The van der Waals surface area contributed by atoms with Crippen molar-refractivity contribution in [2.75, 3.05) is 12.3 Å². The Bertz CT molecular complexity index is 623. The molecule has 1 aromatic heterocycles. The number of hydrogen-bond acceptors (Lipinski definition) is 3. The maximum atomic E-state index is 12.2. The van der Waals surface area contributed by atoms with Gasteiger partial charge in [-0.15, -0.1) is 11.3 Å². The number of rotatable bonds is 2. The molecule has 0 atom stereocenters. The van der Waals surface area contributed by atoms with Crippen LogP contribution in [0.5, 0.6) is 0 Å². The van der Waals surface area contributed by atoms with Crippen LogP contribution in [-0.4, -0.2) is 12.5 Å². The van der Waals surface area contributed by atoms with Crippen molar-refractivity contribution in [1.82, 2.24) is 5.32 Å². The van der Waals surface area contributed by atoms with E-state index in [0.717, 1.165) is 15.6 Å². The minimum Gasteiger partial charge on any atom is -0.397 e. The number of nitrogens with one attached hydrogen (secondary N) is 1. The molecule has 0 radical (unpaired) electrons. The molecule has 0 aliphatic rings. The number of nitrogens with two attached hydrogens (primary N) is 1. The number of aryl methyl sites for hydroxylation is 1. The third kappa shape index (κ3) is 2.89. The fourth-order valence-corrected chi connectivity index (χ4v) is 2.98. The van der Waals surface area contributed by atoms with Crippen LogP contribution in [0.2, 0.25) is 0 Å². The largest absolute Gasteiger partial charge is 0.397 e. The van der Waals surface area contributed by atoms with Crippen molar-refractivity contribution < 1.29 is 4.79 Å². The summed E-state index contributed by atoms with van der Waals surface area (Å²) in [6, 6.07) is 5.97. The van der Waals surface area contributed by atoms with Gasteiger partial charge in [0.2, 0.25) is 0 Å². The number of fused-ring (bicyclic) bond motifs is 1. The topological polar surface area (TPSA) is 55.1 Å². The van der Waals surface area contributed by atoms with E-state index in [1.54, 1.807) is 0 Å². The summed E-state index contributed by atoms with van der Waals surface area (Å²) in [4.78, 5) is 12.8. The van der Waals surface area contributed by atoms with Gasteiger partial charge >= 0.3 is 0 Å². The van der Waals surface area contributed by atoms with Gasteiger partial charge in [-0.25, -0.2) is 0 Å². The summed E-state index contributed by atoms with van der Waals surface area (Å²) < 4.78 is 1.10. The number of amides is 1. The summed E-state index contributed by atoms with van der Waals surface area (Å²) >= 11 is 1.47. The van der Waals surface area contributed by atoms with Crippen LogP contribution in [0.25, 0.3) is 10.1 Å². The van der Waals surface area contributed by atoms with Gasteiger partial charge in [-0.1, -0.05) is 39.0 Å². The number of nitrogen functional groups attached to an aromatic ring is 1. The molecular formula is C15H20N2OS. The summed E-state index contributed by atoms with van der Waals surface area (Å²) in [7, 11) is 0. The SMILES string of the molecule is Cc1cccc2c(N)c(C(=O)NCC(C)(C)C)sc12. The average molecular weight is 276 g/mol. The second kappa shape index (κ2) is 4.85. The maximum Gasteiger partial charge on any atom is 0.263 e. The summed E-state index contributed by atoms with van der Waals surface area (Å²) in [6.45, 7) is 8.94. The molecular weight excluding hydrogens is 256 g/mol. The molecule has 19 heavy (non-hydrogen) atoms. The fraction of sp³-hybridized carbons (Fsp3) is 0.400. The van der Waals surface area contributed by atoms with E-state index in [-0.39, 0.29) is 11.3 Å². The van der Waals surface area contributed by atoms with E-state index < -0.39 is 0 Å². The van der Waals surface area contributed by atoms with Crippen LogP contribution in [0.4, 0.5) is 5.69 Å². The van der Waals surface area contributed by atoms with E-state index in [1.807, 2.05) is 25.1 Å². The van der Waals surface area contributed by atoms with E-state index >= 15 is 0 Å². The number of carbonyl (C=O) groups excluding carboxylic acids is 1. The maximum absolute atomic E-state index is 12.2.